The first kappa shape index (κ1) is 10.3. The van der Waals surface area contributed by atoms with Crippen LogP contribution >= 0.6 is 22.9 Å². The molecule has 1 aromatic heterocycles. The molecule has 0 atom stereocenters. The lowest BCUT2D eigenvalue weighted by atomic mass is 10.2. The first-order valence-electron chi connectivity index (χ1n) is 4.50. The summed E-state index contributed by atoms with van der Waals surface area (Å²) in [7, 11) is 0. The number of anilines is 1. The van der Waals surface area contributed by atoms with Crippen molar-refractivity contribution in [2.24, 2.45) is 0 Å². The second-order valence-electron chi connectivity index (χ2n) is 3.10. The maximum atomic E-state index is 9.60. The van der Waals surface area contributed by atoms with Gasteiger partial charge in [0.05, 0.1) is 0 Å². The second-order valence-corrected chi connectivity index (χ2v) is 4.29. The molecule has 0 amide bonds. The van der Waals surface area contributed by atoms with E-state index in [0.29, 0.717) is 11.6 Å². The van der Waals surface area contributed by atoms with Crippen LogP contribution in [-0.4, -0.2) is 5.11 Å². The highest BCUT2D eigenvalue weighted by Crippen LogP contribution is 2.26. The van der Waals surface area contributed by atoms with Crippen molar-refractivity contribution >= 4 is 28.6 Å². The third-order valence-corrected chi connectivity index (χ3v) is 3.12. The minimum Gasteiger partial charge on any atom is -0.508 e. The van der Waals surface area contributed by atoms with Crippen molar-refractivity contribution in [3.8, 4) is 5.75 Å². The lowest BCUT2D eigenvalue weighted by Gasteiger charge is -2.08. The van der Waals surface area contributed by atoms with E-state index in [0.717, 1.165) is 11.3 Å². The predicted molar refractivity (Wildman–Crippen MR) is 64.8 cm³/mol. The SMILES string of the molecule is Oc1cccc(Cl)c1CNc1ccsc1. The van der Waals surface area contributed by atoms with Crippen LogP contribution in [0.15, 0.2) is 35.0 Å². The molecule has 1 heterocycles. The minimum absolute atomic E-state index is 0.227. The molecule has 0 unspecified atom stereocenters. The summed E-state index contributed by atoms with van der Waals surface area (Å²) in [6.45, 7) is 0.530. The molecule has 4 heteroatoms. The van der Waals surface area contributed by atoms with E-state index < -0.39 is 0 Å². The summed E-state index contributed by atoms with van der Waals surface area (Å²) in [5, 5.41) is 17.4. The van der Waals surface area contributed by atoms with Gasteiger partial charge in [-0.1, -0.05) is 17.7 Å². The van der Waals surface area contributed by atoms with Gasteiger partial charge in [0.1, 0.15) is 5.75 Å². The summed E-state index contributed by atoms with van der Waals surface area (Å²) < 4.78 is 0. The number of rotatable bonds is 3. The van der Waals surface area contributed by atoms with Crippen molar-refractivity contribution in [3.63, 3.8) is 0 Å². The van der Waals surface area contributed by atoms with Gasteiger partial charge in [0.15, 0.2) is 0 Å². The first-order chi connectivity index (χ1) is 7.27. The molecule has 15 heavy (non-hydrogen) atoms. The van der Waals surface area contributed by atoms with E-state index in [4.69, 9.17) is 11.6 Å². The van der Waals surface area contributed by atoms with Crippen LogP contribution in [0.25, 0.3) is 0 Å². The maximum absolute atomic E-state index is 9.60. The molecule has 78 valence electrons. The Morgan fingerprint density at radius 2 is 2.20 bits per heavy atom. The maximum Gasteiger partial charge on any atom is 0.122 e. The quantitative estimate of drug-likeness (QED) is 0.856. The third-order valence-electron chi connectivity index (χ3n) is 2.08. The molecule has 0 aliphatic carbocycles. The molecule has 0 spiro atoms. The Morgan fingerprint density at radius 1 is 1.33 bits per heavy atom. The fraction of sp³-hybridized carbons (Fsp3) is 0.0909. The van der Waals surface area contributed by atoms with E-state index in [-0.39, 0.29) is 5.75 Å². The first-order valence-corrected chi connectivity index (χ1v) is 5.82. The molecular formula is C11H10ClNOS. The summed E-state index contributed by atoms with van der Waals surface area (Å²) in [6.07, 6.45) is 0. The normalized spacial score (nSPS) is 10.2. The highest BCUT2D eigenvalue weighted by atomic mass is 35.5. The topological polar surface area (TPSA) is 32.3 Å². The van der Waals surface area contributed by atoms with Crippen molar-refractivity contribution in [2.45, 2.75) is 6.54 Å². The van der Waals surface area contributed by atoms with Gasteiger partial charge in [-0.05, 0) is 23.6 Å². The van der Waals surface area contributed by atoms with E-state index >= 15 is 0 Å². The number of phenols is 1. The zero-order valence-electron chi connectivity index (χ0n) is 7.90. The predicted octanol–water partition coefficient (Wildman–Crippen LogP) is 3.72. The van der Waals surface area contributed by atoms with Crippen molar-refractivity contribution in [1.29, 1.82) is 0 Å². The summed E-state index contributed by atoms with van der Waals surface area (Å²) in [6, 6.07) is 7.12. The van der Waals surface area contributed by atoms with Crippen molar-refractivity contribution < 1.29 is 5.11 Å². The van der Waals surface area contributed by atoms with Gasteiger partial charge < -0.3 is 10.4 Å². The van der Waals surface area contributed by atoms with Crippen LogP contribution in [0.5, 0.6) is 5.75 Å². The van der Waals surface area contributed by atoms with Gasteiger partial charge in [0, 0.05) is 28.2 Å². The molecule has 0 bridgehead atoms. The molecule has 2 rings (SSSR count). The van der Waals surface area contributed by atoms with Crippen molar-refractivity contribution in [3.05, 3.63) is 45.6 Å². The van der Waals surface area contributed by atoms with E-state index in [1.807, 2.05) is 16.8 Å². The third kappa shape index (κ3) is 2.43. The summed E-state index contributed by atoms with van der Waals surface area (Å²) in [5.41, 5.74) is 1.77. The van der Waals surface area contributed by atoms with Gasteiger partial charge >= 0.3 is 0 Å². The van der Waals surface area contributed by atoms with Gasteiger partial charge in [-0.25, -0.2) is 0 Å². The van der Waals surface area contributed by atoms with Gasteiger partial charge in [-0.3, -0.25) is 0 Å². The molecule has 0 fully saturated rings. The van der Waals surface area contributed by atoms with Crippen LogP contribution in [0.4, 0.5) is 5.69 Å². The number of benzene rings is 1. The molecule has 0 aliphatic rings. The Balaban J connectivity index is 2.11. The van der Waals surface area contributed by atoms with Gasteiger partial charge in [0.2, 0.25) is 0 Å². The van der Waals surface area contributed by atoms with Gasteiger partial charge in [0.25, 0.3) is 0 Å². The highest BCUT2D eigenvalue weighted by molar-refractivity contribution is 7.08. The Hall–Kier alpha value is -1.19. The van der Waals surface area contributed by atoms with Crippen LogP contribution < -0.4 is 5.32 Å². The molecule has 0 saturated carbocycles. The molecule has 2 nitrogen and oxygen atoms in total. The summed E-state index contributed by atoms with van der Waals surface area (Å²) >= 11 is 7.60. The van der Waals surface area contributed by atoms with Crippen LogP contribution in [0, 0.1) is 0 Å². The number of phenolic OH excluding ortho intramolecular Hbond substituents is 1. The molecule has 0 radical (unpaired) electrons. The Morgan fingerprint density at radius 3 is 2.87 bits per heavy atom. The lowest BCUT2D eigenvalue weighted by molar-refractivity contribution is 0.469. The number of thiophene rings is 1. The zero-order chi connectivity index (χ0) is 10.7. The lowest BCUT2D eigenvalue weighted by Crippen LogP contribution is -1.99. The van der Waals surface area contributed by atoms with Crippen LogP contribution in [0.3, 0.4) is 0 Å². The number of aromatic hydroxyl groups is 1. The number of hydrogen-bond donors (Lipinski definition) is 2. The summed E-state index contributed by atoms with van der Waals surface area (Å²) in [4.78, 5) is 0. The molecule has 2 aromatic rings. The Labute approximate surface area is 97.1 Å². The van der Waals surface area contributed by atoms with Crippen LogP contribution in [0.2, 0.25) is 5.02 Å². The monoisotopic (exact) mass is 239 g/mol. The zero-order valence-corrected chi connectivity index (χ0v) is 9.48. The average Bonchev–Trinajstić information content (AvgIpc) is 2.70. The minimum atomic E-state index is 0.227. The Bertz CT molecular complexity index is 422. The second kappa shape index (κ2) is 4.55. The molecule has 0 aliphatic heterocycles. The summed E-state index contributed by atoms with van der Waals surface area (Å²) in [5.74, 6) is 0.227. The van der Waals surface area contributed by atoms with Crippen molar-refractivity contribution in [2.75, 3.05) is 5.32 Å². The Kier molecular flexibility index (Phi) is 3.14. The average molecular weight is 240 g/mol. The largest absolute Gasteiger partial charge is 0.508 e. The van der Waals surface area contributed by atoms with Crippen molar-refractivity contribution in [1.82, 2.24) is 0 Å². The molecule has 1 aromatic carbocycles. The number of nitrogens with one attached hydrogen (secondary N) is 1. The van der Waals surface area contributed by atoms with E-state index in [2.05, 4.69) is 5.32 Å². The van der Waals surface area contributed by atoms with E-state index in [9.17, 15) is 5.11 Å². The number of hydrogen-bond acceptors (Lipinski definition) is 3. The van der Waals surface area contributed by atoms with Crippen LogP contribution in [0.1, 0.15) is 5.56 Å². The van der Waals surface area contributed by atoms with E-state index in [1.54, 1.807) is 29.5 Å². The highest BCUT2D eigenvalue weighted by Gasteiger charge is 2.05. The fourth-order valence-electron chi connectivity index (χ4n) is 1.28. The van der Waals surface area contributed by atoms with Gasteiger partial charge in [-0.2, -0.15) is 11.3 Å². The van der Waals surface area contributed by atoms with Gasteiger partial charge in [-0.15, -0.1) is 0 Å². The fourth-order valence-corrected chi connectivity index (χ4v) is 2.13. The number of halogens is 1. The molecule has 2 N–H and O–H groups in total. The standard InChI is InChI=1S/C11H10ClNOS/c12-10-2-1-3-11(14)9(10)6-13-8-4-5-15-7-8/h1-5,7,13-14H,6H2. The van der Waals surface area contributed by atoms with Crippen LogP contribution in [-0.2, 0) is 6.54 Å². The molecular weight excluding hydrogens is 230 g/mol. The van der Waals surface area contributed by atoms with E-state index in [1.165, 1.54) is 0 Å². The smallest absolute Gasteiger partial charge is 0.122 e. The molecule has 0 saturated heterocycles.